The molecule has 0 aromatic heterocycles. The predicted octanol–water partition coefficient (Wildman–Crippen LogP) is 8.45. The Morgan fingerprint density at radius 1 is 0.742 bits per heavy atom. The van der Waals surface area contributed by atoms with E-state index >= 15 is 0 Å². The first-order valence-corrected chi connectivity index (χ1v) is 14.8. The number of nitrogens with zero attached hydrogens (tertiary/aromatic N) is 1. The lowest BCUT2D eigenvalue weighted by molar-refractivity contribution is -0.883. The van der Waals surface area contributed by atoms with Crippen molar-refractivity contribution in [3.63, 3.8) is 0 Å². The molecule has 0 aliphatic carbocycles. The van der Waals surface area contributed by atoms with Crippen LogP contribution in [0.25, 0.3) is 0 Å². The second kappa shape index (κ2) is 19.3. The van der Waals surface area contributed by atoms with E-state index in [1.54, 1.807) is 0 Å². The summed E-state index contributed by atoms with van der Waals surface area (Å²) in [7, 11) is 2.31. The van der Waals surface area contributed by atoms with Gasteiger partial charge >= 0.3 is 7.60 Å². The summed E-state index contributed by atoms with van der Waals surface area (Å²) in [5, 5.41) is 0. The molecule has 0 bridgehead atoms. The molecule has 31 heavy (non-hydrogen) atoms. The Kier molecular flexibility index (Phi) is 19.2. The van der Waals surface area contributed by atoms with Gasteiger partial charge in [0.1, 0.15) is 0 Å². The topological polar surface area (TPSA) is 46.5 Å². The molecule has 0 aromatic rings. The SMILES string of the molecule is CCCCCC/C=C\CCCCCCCCCCCCOP(=O)(O)C(CC)[N+](C)(C)C. The largest absolute Gasteiger partial charge is 0.385 e. The van der Waals surface area contributed by atoms with E-state index in [-0.39, 0.29) is 5.78 Å². The van der Waals surface area contributed by atoms with Gasteiger partial charge in [-0.1, -0.05) is 96.6 Å². The van der Waals surface area contributed by atoms with E-state index in [1.165, 1.54) is 89.9 Å². The lowest BCUT2D eigenvalue weighted by Gasteiger charge is -2.35. The maximum absolute atomic E-state index is 12.5. The highest BCUT2D eigenvalue weighted by atomic mass is 31.2. The molecule has 0 rings (SSSR count). The monoisotopic (exact) mass is 460 g/mol. The van der Waals surface area contributed by atoms with E-state index in [2.05, 4.69) is 19.1 Å². The fraction of sp³-hybridized carbons (Fsp3) is 0.923. The summed E-state index contributed by atoms with van der Waals surface area (Å²) < 4.78 is 18.4. The molecule has 0 spiro atoms. The Labute approximate surface area is 195 Å². The fourth-order valence-electron chi connectivity index (χ4n) is 4.20. The first-order valence-electron chi connectivity index (χ1n) is 13.2. The van der Waals surface area contributed by atoms with E-state index in [0.29, 0.717) is 17.5 Å². The van der Waals surface area contributed by atoms with Crippen LogP contribution in [0.1, 0.15) is 123 Å². The zero-order chi connectivity index (χ0) is 23.4. The van der Waals surface area contributed by atoms with Crippen LogP contribution in [0.2, 0.25) is 0 Å². The van der Waals surface area contributed by atoms with Crippen LogP contribution < -0.4 is 0 Å². The van der Waals surface area contributed by atoms with E-state index in [4.69, 9.17) is 4.52 Å². The molecule has 0 aliphatic heterocycles. The van der Waals surface area contributed by atoms with Crippen molar-refractivity contribution in [3.05, 3.63) is 12.2 Å². The molecule has 4 nitrogen and oxygen atoms in total. The minimum Gasteiger partial charge on any atom is -0.320 e. The quantitative estimate of drug-likeness (QED) is 0.0763. The van der Waals surface area contributed by atoms with Gasteiger partial charge in [-0.15, -0.1) is 0 Å². The maximum Gasteiger partial charge on any atom is 0.385 e. The highest BCUT2D eigenvalue weighted by Gasteiger charge is 2.41. The number of hydrogen-bond acceptors (Lipinski definition) is 2. The van der Waals surface area contributed by atoms with Gasteiger partial charge in [0.25, 0.3) is 0 Å². The van der Waals surface area contributed by atoms with Gasteiger partial charge < -0.3 is 13.9 Å². The summed E-state index contributed by atoms with van der Waals surface area (Å²) in [6.07, 6.45) is 25.9. The molecule has 0 aliphatic rings. The molecular weight excluding hydrogens is 405 g/mol. The van der Waals surface area contributed by atoms with Crippen LogP contribution in [0.4, 0.5) is 0 Å². The number of quaternary nitrogens is 1. The van der Waals surface area contributed by atoms with Gasteiger partial charge in [-0.3, -0.25) is 4.57 Å². The molecule has 0 saturated heterocycles. The predicted molar refractivity (Wildman–Crippen MR) is 137 cm³/mol. The molecule has 0 saturated carbocycles. The van der Waals surface area contributed by atoms with Gasteiger partial charge in [-0.25, -0.2) is 0 Å². The van der Waals surface area contributed by atoms with Crippen molar-refractivity contribution in [2.75, 3.05) is 27.7 Å². The van der Waals surface area contributed by atoms with Gasteiger partial charge in [-0.2, -0.15) is 0 Å². The number of allylic oxidation sites excluding steroid dienone is 2. The average molecular weight is 461 g/mol. The lowest BCUT2D eigenvalue weighted by Crippen LogP contribution is -2.44. The molecule has 0 heterocycles. The van der Waals surface area contributed by atoms with Crippen LogP contribution >= 0.6 is 7.60 Å². The summed E-state index contributed by atoms with van der Waals surface area (Å²) in [5.41, 5.74) is 0. The third kappa shape index (κ3) is 18.0. The van der Waals surface area contributed by atoms with Crippen molar-refractivity contribution in [2.45, 2.75) is 129 Å². The molecule has 1 N–H and O–H groups in total. The second-order valence-electron chi connectivity index (χ2n) is 10.0. The minimum absolute atomic E-state index is 0.348. The zero-order valence-corrected chi connectivity index (χ0v) is 22.5. The third-order valence-electron chi connectivity index (χ3n) is 6.07. The van der Waals surface area contributed by atoms with Crippen LogP contribution in [0.3, 0.4) is 0 Å². The third-order valence-corrected chi connectivity index (χ3v) is 8.43. The normalized spacial score (nSPS) is 15.4. The Hall–Kier alpha value is -0.150. The molecule has 0 radical (unpaired) electrons. The Morgan fingerprint density at radius 2 is 1.16 bits per heavy atom. The smallest absolute Gasteiger partial charge is 0.320 e. The highest BCUT2D eigenvalue weighted by Crippen LogP contribution is 2.51. The zero-order valence-electron chi connectivity index (χ0n) is 21.6. The van der Waals surface area contributed by atoms with Crippen LogP contribution in [0.15, 0.2) is 12.2 Å². The van der Waals surface area contributed by atoms with Crippen molar-refractivity contribution in [3.8, 4) is 0 Å². The molecule has 0 fully saturated rings. The Bertz CT molecular complexity index is 474. The van der Waals surface area contributed by atoms with Crippen LogP contribution in [-0.2, 0) is 9.09 Å². The number of unbranched alkanes of at least 4 members (excludes halogenated alkanes) is 14. The maximum atomic E-state index is 12.5. The van der Waals surface area contributed by atoms with Gasteiger partial charge in [0.2, 0.25) is 0 Å². The Morgan fingerprint density at radius 3 is 1.58 bits per heavy atom. The molecular formula is C26H55NO3P+. The van der Waals surface area contributed by atoms with Crippen molar-refractivity contribution in [1.29, 1.82) is 0 Å². The van der Waals surface area contributed by atoms with Crippen LogP contribution in [-0.4, -0.2) is 42.9 Å². The van der Waals surface area contributed by atoms with Gasteiger partial charge in [-0.05, 0) is 32.1 Å². The van der Waals surface area contributed by atoms with E-state index < -0.39 is 7.60 Å². The van der Waals surface area contributed by atoms with Crippen LogP contribution in [0.5, 0.6) is 0 Å². The minimum atomic E-state index is -3.55. The molecule has 0 amide bonds. The molecule has 0 aromatic carbocycles. The average Bonchev–Trinajstić information content (AvgIpc) is 2.68. The molecule has 5 heteroatoms. The molecule has 2 unspecified atom stereocenters. The van der Waals surface area contributed by atoms with Gasteiger partial charge in [0.15, 0.2) is 5.78 Å². The second-order valence-corrected chi connectivity index (χ2v) is 12.0. The van der Waals surface area contributed by atoms with E-state index in [1.807, 2.05) is 28.1 Å². The van der Waals surface area contributed by atoms with Crippen molar-refractivity contribution >= 4 is 7.60 Å². The standard InChI is InChI=1S/C26H54NO3P/c1-6-8-9-10-11-12-13-14-15-16-17-18-19-20-21-22-23-24-25-30-31(28,29)26(7-2)27(3,4)5/h12-13,26H,6-11,14-25H2,1-5H3/p+1/b13-12-. The number of hydrogen-bond donors (Lipinski definition) is 1. The lowest BCUT2D eigenvalue weighted by atomic mass is 10.1. The summed E-state index contributed by atoms with van der Waals surface area (Å²) in [6, 6.07) is 0. The summed E-state index contributed by atoms with van der Waals surface area (Å²) in [5.74, 6) is -0.348. The van der Waals surface area contributed by atoms with Gasteiger partial charge in [0, 0.05) is 6.42 Å². The van der Waals surface area contributed by atoms with Crippen LogP contribution in [0, 0.1) is 0 Å². The van der Waals surface area contributed by atoms with E-state index in [0.717, 1.165) is 12.8 Å². The first kappa shape index (κ1) is 30.9. The van der Waals surface area contributed by atoms with Crippen molar-refractivity contribution < 1.29 is 18.5 Å². The molecule has 2 atom stereocenters. The molecule has 186 valence electrons. The van der Waals surface area contributed by atoms with Crippen molar-refractivity contribution in [2.24, 2.45) is 0 Å². The number of rotatable bonds is 22. The summed E-state index contributed by atoms with van der Waals surface area (Å²) in [6.45, 7) is 4.62. The van der Waals surface area contributed by atoms with Crippen molar-refractivity contribution in [1.82, 2.24) is 0 Å². The highest BCUT2D eigenvalue weighted by molar-refractivity contribution is 7.53. The fourth-order valence-corrected chi connectivity index (χ4v) is 6.10. The first-order chi connectivity index (χ1) is 14.8. The van der Waals surface area contributed by atoms with Gasteiger partial charge in [0.05, 0.1) is 27.7 Å². The van der Waals surface area contributed by atoms with E-state index in [9.17, 15) is 9.46 Å². The Balaban J connectivity index is 3.46. The summed E-state index contributed by atoms with van der Waals surface area (Å²) >= 11 is 0. The summed E-state index contributed by atoms with van der Waals surface area (Å²) in [4.78, 5) is 10.3.